The number of hydrogen-bond donors (Lipinski definition) is 1. The maximum absolute atomic E-state index is 13.0. The van der Waals surface area contributed by atoms with E-state index in [9.17, 15) is 4.79 Å². The molecule has 1 N–H and O–H groups in total. The molecule has 0 aliphatic heterocycles. The zero-order chi connectivity index (χ0) is 22.3. The number of aromatic nitrogens is 7. The molecule has 0 saturated heterocycles. The average Bonchev–Trinajstić information content (AvgIpc) is 3.45. The molecule has 2 heterocycles. The van der Waals surface area contributed by atoms with Gasteiger partial charge in [0, 0.05) is 18.5 Å². The number of nitrogens with zero attached hydrogens (tertiary/aromatic N) is 6. The summed E-state index contributed by atoms with van der Waals surface area (Å²) < 4.78 is 3.45. The first-order chi connectivity index (χ1) is 15.7. The maximum atomic E-state index is 13.0. The van der Waals surface area contributed by atoms with Crippen molar-refractivity contribution in [3.8, 4) is 22.5 Å². The lowest BCUT2D eigenvalue weighted by molar-refractivity contribution is 0.529. The van der Waals surface area contributed by atoms with Crippen LogP contribution in [0.5, 0.6) is 0 Å². The summed E-state index contributed by atoms with van der Waals surface area (Å²) in [6.45, 7) is 5.48. The van der Waals surface area contributed by atoms with Crippen LogP contribution in [0.1, 0.15) is 50.9 Å². The lowest BCUT2D eigenvalue weighted by atomic mass is 9.98. The highest BCUT2D eigenvalue weighted by Crippen LogP contribution is 2.29. The number of rotatable bonds is 10. The smallest absolute Gasteiger partial charge is 0.274 e. The number of tetrazole rings is 1. The number of hydrogen-bond acceptors (Lipinski definition) is 5. The Kier molecular flexibility index (Phi) is 6.89. The minimum Gasteiger partial charge on any atom is -0.274 e. The Bertz CT molecular complexity index is 1190. The fraction of sp³-hybridized carbons (Fsp3) is 0.375. The maximum Gasteiger partial charge on any atom is 0.346 e. The Balaban J connectivity index is 1.58. The molecule has 2 aromatic heterocycles. The number of aryl methyl sites for hydroxylation is 2. The van der Waals surface area contributed by atoms with Crippen molar-refractivity contribution in [2.24, 2.45) is 0 Å². The van der Waals surface area contributed by atoms with Crippen molar-refractivity contribution in [2.75, 3.05) is 0 Å². The second kappa shape index (κ2) is 10.2. The third-order valence-electron chi connectivity index (χ3n) is 5.58. The Hall–Kier alpha value is -3.55. The van der Waals surface area contributed by atoms with Crippen LogP contribution in [0.3, 0.4) is 0 Å². The van der Waals surface area contributed by atoms with Crippen molar-refractivity contribution < 1.29 is 0 Å². The molecule has 8 nitrogen and oxygen atoms in total. The summed E-state index contributed by atoms with van der Waals surface area (Å²) in [6, 6.07) is 16.3. The van der Waals surface area contributed by atoms with Crippen LogP contribution in [0.25, 0.3) is 22.5 Å². The molecular weight excluding hydrogens is 402 g/mol. The first-order valence-corrected chi connectivity index (χ1v) is 11.3. The first-order valence-electron chi connectivity index (χ1n) is 11.3. The van der Waals surface area contributed by atoms with E-state index in [1.165, 1.54) is 0 Å². The van der Waals surface area contributed by atoms with Crippen molar-refractivity contribution in [2.45, 2.75) is 59.0 Å². The Morgan fingerprint density at radius 2 is 1.72 bits per heavy atom. The molecule has 0 spiro atoms. The minimum atomic E-state index is -0.0169. The van der Waals surface area contributed by atoms with Crippen molar-refractivity contribution in [1.29, 1.82) is 0 Å². The molecule has 0 unspecified atom stereocenters. The van der Waals surface area contributed by atoms with Gasteiger partial charge in [-0.1, -0.05) is 75.2 Å². The normalized spacial score (nSPS) is 11.2. The van der Waals surface area contributed by atoms with Gasteiger partial charge in [-0.05, 0) is 40.0 Å². The minimum absolute atomic E-state index is 0.0169. The van der Waals surface area contributed by atoms with Crippen LogP contribution in [0.15, 0.2) is 53.3 Å². The molecule has 8 heteroatoms. The van der Waals surface area contributed by atoms with Crippen LogP contribution in [-0.2, 0) is 19.5 Å². The Morgan fingerprint density at radius 3 is 2.41 bits per heavy atom. The van der Waals surface area contributed by atoms with E-state index in [-0.39, 0.29) is 5.69 Å². The molecular formula is C24H29N7O. The molecule has 0 bridgehead atoms. The van der Waals surface area contributed by atoms with Crippen LogP contribution in [-0.4, -0.2) is 35.0 Å². The van der Waals surface area contributed by atoms with E-state index in [1.807, 2.05) is 22.8 Å². The summed E-state index contributed by atoms with van der Waals surface area (Å²) in [5, 5.41) is 18.9. The number of nitrogens with one attached hydrogen (secondary N) is 1. The molecule has 0 aliphatic rings. The fourth-order valence-corrected chi connectivity index (χ4v) is 3.90. The van der Waals surface area contributed by atoms with Crippen molar-refractivity contribution >= 4 is 0 Å². The molecule has 0 aliphatic carbocycles. The van der Waals surface area contributed by atoms with Gasteiger partial charge in [-0.2, -0.15) is 5.10 Å². The molecule has 2 aromatic carbocycles. The predicted octanol–water partition coefficient (Wildman–Crippen LogP) is 4.08. The Labute approximate surface area is 187 Å². The van der Waals surface area contributed by atoms with E-state index in [2.05, 4.69) is 69.9 Å². The zero-order valence-electron chi connectivity index (χ0n) is 18.7. The zero-order valence-corrected chi connectivity index (χ0v) is 18.7. The number of benzene rings is 2. The largest absolute Gasteiger partial charge is 0.346 e. The molecule has 32 heavy (non-hydrogen) atoms. The second-order valence-corrected chi connectivity index (χ2v) is 7.96. The number of unbranched alkanes of at least 4 members (excludes halogenated alkanes) is 2. The van der Waals surface area contributed by atoms with Crippen LogP contribution in [0, 0.1) is 0 Å². The first kappa shape index (κ1) is 21.7. The molecule has 0 amide bonds. The molecule has 0 fully saturated rings. The summed E-state index contributed by atoms with van der Waals surface area (Å²) in [5.41, 5.74) is 4.11. The molecule has 0 atom stereocenters. The number of H-pyrrole nitrogens is 1. The van der Waals surface area contributed by atoms with E-state index in [0.717, 1.165) is 60.2 Å². The highest BCUT2D eigenvalue weighted by molar-refractivity contribution is 5.80. The van der Waals surface area contributed by atoms with Crippen LogP contribution >= 0.6 is 0 Å². The predicted molar refractivity (Wildman–Crippen MR) is 124 cm³/mol. The van der Waals surface area contributed by atoms with E-state index in [0.29, 0.717) is 18.9 Å². The summed E-state index contributed by atoms with van der Waals surface area (Å²) >= 11 is 0. The van der Waals surface area contributed by atoms with Crippen LogP contribution in [0.4, 0.5) is 0 Å². The molecule has 4 aromatic rings. The summed E-state index contributed by atoms with van der Waals surface area (Å²) in [6.07, 6.45) is 4.97. The van der Waals surface area contributed by atoms with Gasteiger partial charge in [-0.25, -0.2) is 14.6 Å². The van der Waals surface area contributed by atoms with E-state index < -0.39 is 0 Å². The van der Waals surface area contributed by atoms with Gasteiger partial charge in [-0.3, -0.25) is 4.57 Å². The van der Waals surface area contributed by atoms with Crippen LogP contribution in [0.2, 0.25) is 0 Å². The third kappa shape index (κ3) is 4.69. The standard InChI is InChI=1S/C24H29N7O/c1-3-5-8-16-31-24(32)30(22(27-31)9-4-2)17-18-12-14-19(15-13-18)20-10-6-7-11-21(20)23-25-28-29-26-23/h6-7,10-15H,3-5,8-9,16-17H2,1-2H3,(H,25,26,28,29). The quantitative estimate of drug-likeness (QED) is 0.382. The van der Waals surface area contributed by atoms with Gasteiger partial charge in [0.1, 0.15) is 5.82 Å². The third-order valence-corrected chi connectivity index (χ3v) is 5.58. The average molecular weight is 432 g/mol. The van der Waals surface area contributed by atoms with Gasteiger partial charge >= 0.3 is 5.69 Å². The van der Waals surface area contributed by atoms with Gasteiger partial charge in [0.15, 0.2) is 5.82 Å². The molecule has 0 saturated carbocycles. The summed E-state index contributed by atoms with van der Waals surface area (Å²) in [4.78, 5) is 13.0. The lowest BCUT2D eigenvalue weighted by Crippen LogP contribution is -2.26. The monoisotopic (exact) mass is 431 g/mol. The fourth-order valence-electron chi connectivity index (χ4n) is 3.90. The van der Waals surface area contributed by atoms with Gasteiger partial charge < -0.3 is 0 Å². The van der Waals surface area contributed by atoms with E-state index in [1.54, 1.807) is 4.68 Å². The van der Waals surface area contributed by atoms with Gasteiger partial charge in [-0.15, -0.1) is 5.10 Å². The molecule has 166 valence electrons. The molecule has 4 rings (SSSR count). The van der Waals surface area contributed by atoms with Gasteiger partial charge in [0.2, 0.25) is 0 Å². The Morgan fingerprint density at radius 1 is 0.938 bits per heavy atom. The lowest BCUT2D eigenvalue weighted by Gasteiger charge is -2.09. The SMILES string of the molecule is CCCCCn1nc(CCC)n(Cc2ccc(-c3ccccc3-c3nnn[nH]3)cc2)c1=O. The van der Waals surface area contributed by atoms with Crippen molar-refractivity contribution in [3.05, 3.63) is 70.4 Å². The van der Waals surface area contributed by atoms with Crippen LogP contribution < -0.4 is 5.69 Å². The highest BCUT2D eigenvalue weighted by Gasteiger charge is 2.14. The van der Waals surface area contributed by atoms with E-state index >= 15 is 0 Å². The highest BCUT2D eigenvalue weighted by atomic mass is 16.2. The summed E-state index contributed by atoms with van der Waals surface area (Å²) in [7, 11) is 0. The molecule has 0 radical (unpaired) electrons. The topological polar surface area (TPSA) is 94.3 Å². The van der Waals surface area contributed by atoms with E-state index in [4.69, 9.17) is 0 Å². The number of aromatic amines is 1. The second-order valence-electron chi connectivity index (χ2n) is 7.96. The van der Waals surface area contributed by atoms with Crippen molar-refractivity contribution in [1.82, 2.24) is 35.0 Å². The van der Waals surface area contributed by atoms with Crippen molar-refractivity contribution in [3.63, 3.8) is 0 Å². The van der Waals surface area contributed by atoms with Gasteiger partial charge in [0.05, 0.1) is 6.54 Å². The summed E-state index contributed by atoms with van der Waals surface area (Å²) in [5.74, 6) is 1.50. The van der Waals surface area contributed by atoms with Gasteiger partial charge in [0.25, 0.3) is 0 Å².